The average molecular weight is 626 g/mol. The molecule has 0 radical (unpaired) electrons. The van der Waals surface area contributed by atoms with Crippen molar-refractivity contribution >= 4 is 11.9 Å². The van der Waals surface area contributed by atoms with Crippen molar-refractivity contribution in [3.8, 4) is 11.3 Å². The lowest BCUT2D eigenvalue weighted by atomic mass is 9.97. The van der Waals surface area contributed by atoms with E-state index in [0.29, 0.717) is 58.8 Å². The zero-order valence-corrected chi connectivity index (χ0v) is 24.7. The van der Waals surface area contributed by atoms with E-state index in [1.54, 1.807) is 20.0 Å². The smallest absolute Gasteiger partial charge is 0.416 e. The molecule has 3 heterocycles. The maximum absolute atomic E-state index is 13.6. The maximum atomic E-state index is 13.6. The summed E-state index contributed by atoms with van der Waals surface area (Å²) >= 11 is 0. The molecule has 8 nitrogen and oxygen atoms in total. The van der Waals surface area contributed by atoms with Crippen LogP contribution < -0.4 is 4.90 Å². The molecule has 2 fully saturated rings. The third kappa shape index (κ3) is 6.34. The van der Waals surface area contributed by atoms with Crippen LogP contribution in [0.2, 0.25) is 0 Å². The van der Waals surface area contributed by atoms with Crippen LogP contribution in [-0.4, -0.2) is 45.2 Å². The Labute approximate surface area is 250 Å². The molecular formula is C30H33F6N5O3. The highest BCUT2D eigenvalue weighted by Crippen LogP contribution is 2.41. The Bertz CT molecular complexity index is 1460. The van der Waals surface area contributed by atoms with Gasteiger partial charge in [-0.15, -0.1) is 0 Å². The second kappa shape index (κ2) is 11.9. The van der Waals surface area contributed by atoms with Crippen molar-refractivity contribution in [3.05, 3.63) is 58.2 Å². The first kappa shape index (κ1) is 31.6. The normalized spacial score (nSPS) is 19.6. The van der Waals surface area contributed by atoms with Gasteiger partial charge in [0.15, 0.2) is 5.82 Å². The predicted molar refractivity (Wildman–Crippen MR) is 148 cm³/mol. The fourth-order valence-corrected chi connectivity index (χ4v) is 6.09. The van der Waals surface area contributed by atoms with Gasteiger partial charge in [-0.05, 0) is 70.2 Å². The van der Waals surface area contributed by atoms with Crippen LogP contribution in [-0.2, 0) is 23.6 Å². The number of halogens is 6. The molecule has 0 N–H and O–H groups in total. The van der Waals surface area contributed by atoms with Crippen LogP contribution in [0.5, 0.6) is 0 Å². The van der Waals surface area contributed by atoms with E-state index in [1.165, 1.54) is 11.8 Å². The minimum absolute atomic E-state index is 0.0501. The summed E-state index contributed by atoms with van der Waals surface area (Å²) in [5.74, 6) is 1.53. The first-order chi connectivity index (χ1) is 20.7. The summed E-state index contributed by atoms with van der Waals surface area (Å²) in [7, 11) is 0. The van der Waals surface area contributed by atoms with E-state index in [2.05, 4.69) is 10.1 Å². The topological polar surface area (TPSA) is 84.6 Å². The van der Waals surface area contributed by atoms with E-state index in [9.17, 15) is 31.1 Å². The number of anilines is 1. The lowest BCUT2D eigenvalue weighted by molar-refractivity contribution is -0.143. The molecule has 1 amide bonds. The van der Waals surface area contributed by atoms with E-state index >= 15 is 0 Å². The molecule has 3 aromatic rings. The first-order valence-electron chi connectivity index (χ1n) is 14.5. The van der Waals surface area contributed by atoms with Crippen molar-refractivity contribution in [3.63, 3.8) is 0 Å². The third-order valence-corrected chi connectivity index (χ3v) is 8.40. The molecule has 2 atom stereocenters. The highest BCUT2D eigenvalue weighted by Gasteiger charge is 2.44. The first-order valence-corrected chi connectivity index (χ1v) is 14.5. The summed E-state index contributed by atoms with van der Waals surface area (Å²) in [5.41, 5.74) is -1.25. The number of rotatable bonds is 8. The van der Waals surface area contributed by atoms with Crippen LogP contribution in [0, 0.1) is 19.8 Å². The molecule has 0 spiro atoms. The zero-order valence-electron chi connectivity index (χ0n) is 24.7. The fourth-order valence-electron chi connectivity index (χ4n) is 6.09. The van der Waals surface area contributed by atoms with E-state index in [0.717, 1.165) is 32.2 Å². The SMILES string of the molecule is CCN(CC1CCCC1)c1ncc(-c2c(C)noc2C)nc1CN1C(=O)O[C@H](c2cc(C(F)(F)F)cc(C(F)(F)F)c2)[C@@H]1C. The summed E-state index contributed by atoms with van der Waals surface area (Å²) in [6, 6.07) is 0.316. The highest BCUT2D eigenvalue weighted by atomic mass is 19.4. The number of aromatic nitrogens is 3. The Hall–Kier alpha value is -3.84. The summed E-state index contributed by atoms with van der Waals surface area (Å²) in [5, 5.41) is 3.99. The average Bonchev–Trinajstić information content (AvgIpc) is 3.67. The Morgan fingerprint density at radius 2 is 1.66 bits per heavy atom. The van der Waals surface area contributed by atoms with Gasteiger partial charge in [0.25, 0.3) is 0 Å². The van der Waals surface area contributed by atoms with Crippen LogP contribution in [0.25, 0.3) is 11.3 Å². The molecule has 1 aromatic carbocycles. The van der Waals surface area contributed by atoms with E-state index in [-0.39, 0.29) is 12.6 Å². The number of nitrogens with zero attached hydrogens (tertiary/aromatic N) is 5. The Balaban J connectivity index is 1.52. The Morgan fingerprint density at radius 1 is 1.02 bits per heavy atom. The molecule has 1 saturated heterocycles. The molecule has 1 aliphatic heterocycles. The van der Waals surface area contributed by atoms with Gasteiger partial charge < -0.3 is 14.2 Å². The van der Waals surface area contributed by atoms with Crippen molar-refractivity contribution in [2.45, 2.75) is 84.4 Å². The quantitative estimate of drug-likeness (QED) is 0.236. The standard InChI is InChI=1S/C30H33F6N5O3/c1-5-40(14-19-8-6-7-9-19)27-24(38-23(13-37-27)25-16(2)39-44-18(25)4)15-41-17(3)26(43-28(41)42)20-10-21(29(31,32)33)12-22(11-20)30(34,35)36/h10-13,17,19,26H,5-9,14-15H2,1-4H3/t17-,26-/m0/s1. The molecular weight excluding hydrogens is 592 g/mol. The van der Waals surface area contributed by atoms with E-state index in [1.807, 2.05) is 6.92 Å². The minimum atomic E-state index is -5.03. The molecule has 0 bridgehead atoms. The second-order valence-electron chi connectivity index (χ2n) is 11.4. The highest BCUT2D eigenvalue weighted by molar-refractivity contribution is 5.72. The van der Waals surface area contributed by atoms with Crippen LogP contribution in [0.4, 0.5) is 37.0 Å². The molecule has 1 aliphatic carbocycles. The molecule has 44 heavy (non-hydrogen) atoms. The van der Waals surface area contributed by atoms with Gasteiger partial charge in [0.2, 0.25) is 0 Å². The summed E-state index contributed by atoms with van der Waals surface area (Å²) in [6.07, 6.45) is -6.25. The van der Waals surface area contributed by atoms with Gasteiger partial charge in [-0.3, -0.25) is 4.90 Å². The molecule has 14 heteroatoms. The number of carbonyl (C=O) groups is 1. The van der Waals surface area contributed by atoms with Crippen molar-refractivity contribution in [2.24, 2.45) is 5.92 Å². The molecule has 238 valence electrons. The summed E-state index contributed by atoms with van der Waals surface area (Å²) in [4.78, 5) is 26.1. The molecule has 0 unspecified atom stereocenters. The van der Waals surface area contributed by atoms with Crippen molar-refractivity contribution in [1.29, 1.82) is 0 Å². The third-order valence-electron chi connectivity index (χ3n) is 8.40. The van der Waals surface area contributed by atoms with Crippen LogP contribution in [0.3, 0.4) is 0 Å². The number of hydrogen-bond acceptors (Lipinski definition) is 7. The van der Waals surface area contributed by atoms with Crippen LogP contribution >= 0.6 is 0 Å². The molecule has 5 rings (SSSR count). The van der Waals surface area contributed by atoms with Gasteiger partial charge in [-0.1, -0.05) is 18.0 Å². The van der Waals surface area contributed by atoms with E-state index < -0.39 is 47.3 Å². The van der Waals surface area contributed by atoms with Crippen LogP contribution in [0.15, 0.2) is 28.9 Å². The largest absolute Gasteiger partial charge is 0.439 e. The zero-order chi connectivity index (χ0) is 32.0. The molecule has 2 aromatic heterocycles. The van der Waals surface area contributed by atoms with Gasteiger partial charge >= 0.3 is 18.4 Å². The Morgan fingerprint density at radius 3 is 2.20 bits per heavy atom. The van der Waals surface area contributed by atoms with Crippen molar-refractivity contribution in [2.75, 3.05) is 18.0 Å². The summed E-state index contributed by atoms with van der Waals surface area (Å²) < 4.78 is 92.1. The van der Waals surface area contributed by atoms with Gasteiger partial charge in [-0.2, -0.15) is 26.3 Å². The number of hydrogen-bond donors (Lipinski definition) is 0. The lowest BCUT2D eigenvalue weighted by Crippen LogP contribution is -2.35. The number of cyclic esters (lactones) is 1. The van der Waals surface area contributed by atoms with Crippen molar-refractivity contribution in [1.82, 2.24) is 20.0 Å². The minimum Gasteiger partial charge on any atom is -0.439 e. The molecule has 2 aliphatic rings. The number of benzene rings is 1. The number of amides is 1. The monoisotopic (exact) mass is 625 g/mol. The number of alkyl halides is 6. The van der Waals surface area contributed by atoms with Gasteiger partial charge in [0, 0.05) is 13.1 Å². The van der Waals surface area contributed by atoms with Gasteiger partial charge in [0.05, 0.1) is 46.9 Å². The number of carbonyl (C=O) groups excluding carboxylic acids is 1. The molecule has 1 saturated carbocycles. The fraction of sp³-hybridized carbons (Fsp3) is 0.533. The predicted octanol–water partition coefficient (Wildman–Crippen LogP) is 7.88. The Kier molecular flexibility index (Phi) is 8.56. The number of aryl methyl sites for hydroxylation is 2. The lowest BCUT2D eigenvalue weighted by Gasteiger charge is -2.29. The van der Waals surface area contributed by atoms with Gasteiger partial charge in [0.1, 0.15) is 17.6 Å². The second-order valence-corrected chi connectivity index (χ2v) is 11.4. The summed E-state index contributed by atoms with van der Waals surface area (Å²) in [6.45, 7) is 8.20. The van der Waals surface area contributed by atoms with E-state index in [4.69, 9.17) is 19.2 Å². The van der Waals surface area contributed by atoms with Crippen LogP contribution in [0.1, 0.15) is 79.5 Å². The number of ether oxygens (including phenoxy) is 1. The van der Waals surface area contributed by atoms with Crippen molar-refractivity contribution < 1.29 is 40.4 Å². The maximum Gasteiger partial charge on any atom is 0.416 e. The van der Waals surface area contributed by atoms with Gasteiger partial charge in [-0.25, -0.2) is 14.8 Å².